The van der Waals surface area contributed by atoms with E-state index in [0.29, 0.717) is 18.2 Å². The zero-order valence-corrected chi connectivity index (χ0v) is 11.9. The van der Waals surface area contributed by atoms with E-state index in [0.717, 1.165) is 37.7 Å². The molecule has 0 aromatic carbocycles. The van der Waals surface area contributed by atoms with Crippen LogP contribution < -0.4 is 5.32 Å². The van der Waals surface area contributed by atoms with Gasteiger partial charge in [-0.15, -0.1) is 0 Å². The highest BCUT2D eigenvalue weighted by molar-refractivity contribution is 5.07. The molecule has 0 saturated carbocycles. The van der Waals surface area contributed by atoms with E-state index in [4.69, 9.17) is 9.15 Å². The maximum absolute atomic E-state index is 5.88. The highest BCUT2D eigenvalue weighted by atomic mass is 16.5. The van der Waals surface area contributed by atoms with Crippen molar-refractivity contribution in [2.24, 2.45) is 0 Å². The fraction of sp³-hybridized carbons (Fsp3) is 0.733. The van der Waals surface area contributed by atoms with Crippen LogP contribution in [-0.4, -0.2) is 36.2 Å². The van der Waals surface area contributed by atoms with Gasteiger partial charge in [-0.3, -0.25) is 4.90 Å². The summed E-state index contributed by atoms with van der Waals surface area (Å²) in [5.74, 6) is 2.10. The predicted molar refractivity (Wildman–Crippen MR) is 73.9 cm³/mol. The highest BCUT2D eigenvalue weighted by Gasteiger charge is 2.33. The van der Waals surface area contributed by atoms with Crippen LogP contribution >= 0.6 is 0 Å². The Bertz CT molecular complexity index is 404. The number of fused-ring (bicyclic) bond motifs is 2. The number of rotatable bonds is 5. The largest absolute Gasteiger partial charge is 0.463 e. The molecule has 0 spiro atoms. The van der Waals surface area contributed by atoms with Gasteiger partial charge in [0.15, 0.2) is 0 Å². The fourth-order valence-electron chi connectivity index (χ4n) is 2.96. The van der Waals surface area contributed by atoms with Crippen LogP contribution in [-0.2, 0) is 17.8 Å². The summed E-state index contributed by atoms with van der Waals surface area (Å²) in [5, 5.41) is 3.38. The number of morpholine rings is 1. The average Bonchev–Trinajstić information content (AvgIpc) is 2.94. The molecule has 0 amide bonds. The molecule has 2 fully saturated rings. The summed E-state index contributed by atoms with van der Waals surface area (Å²) in [6, 6.07) is 4.68. The lowest BCUT2D eigenvalue weighted by Crippen LogP contribution is -2.41. The van der Waals surface area contributed by atoms with Crippen LogP contribution in [0.25, 0.3) is 0 Å². The van der Waals surface area contributed by atoms with Crippen LogP contribution in [0.1, 0.15) is 38.2 Å². The van der Waals surface area contributed by atoms with E-state index in [2.05, 4.69) is 36.2 Å². The molecule has 3 heterocycles. The summed E-state index contributed by atoms with van der Waals surface area (Å²) in [4.78, 5) is 2.46. The van der Waals surface area contributed by atoms with Gasteiger partial charge in [0.25, 0.3) is 0 Å². The topological polar surface area (TPSA) is 37.6 Å². The molecule has 0 radical (unpaired) electrons. The molecule has 1 aromatic heterocycles. The van der Waals surface area contributed by atoms with Crippen LogP contribution in [0.5, 0.6) is 0 Å². The normalized spacial score (nSPS) is 27.3. The second-order valence-corrected chi connectivity index (χ2v) is 6.06. The van der Waals surface area contributed by atoms with Crippen LogP contribution in [0.2, 0.25) is 0 Å². The summed E-state index contributed by atoms with van der Waals surface area (Å²) in [6.07, 6.45) is 3.36. The summed E-state index contributed by atoms with van der Waals surface area (Å²) >= 11 is 0. The minimum absolute atomic E-state index is 0.454. The second-order valence-electron chi connectivity index (χ2n) is 6.06. The number of hydrogen-bond acceptors (Lipinski definition) is 4. The van der Waals surface area contributed by atoms with Crippen molar-refractivity contribution in [1.29, 1.82) is 0 Å². The summed E-state index contributed by atoms with van der Waals surface area (Å²) < 4.78 is 11.7. The third kappa shape index (κ3) is 3.38. The average molecular weight is 264 g/mol. The van der Waals surface area contributed by atoms with E-state index < -0.39 is 0 Å². The van der Waals surface area contributed by atoms with Gasteiger partial charge in [-0.05, 0) is 25.0 Å². The first-order valence-electron chi connectivity index (χ1n) is 7.38. The minimum Gasteiger partial charge on any atom is -0.463 e. The van der Waals surface area contributed by atoms with Crippen LogP contribution in [0, 0.1) is 0 Å². The highest BCUT2D eigenvalue weighted by Crippen LogP contribution is 2.27. The molecule has 3 rings (SSSR count). The number of likely N-dealkylation sites (tertiary alicyclic amines) is 1. The van der Waals surface area contributed by atoms with Gasteiger partial charge in [0.2, 0.25) is 0 Å². The standard InChI is InChI=1S/C15H24N2O2/c1-11(2)16-7-12-3-4-13(18-12)8-17-9-14-5-6-15(10-17)19-14/h3-4,11,14-16H,5-10H2,1-2H3. The van der Waals surface area contributed by atoms with Gasteiger partial charge < -0.3 is 14.5 Å². The van der Waals surface area contributed by atoms with E-state index >= 15 is 0 Å². The Morgan fingerprint density at radius 2 is 1.89 bits per heavy atom. The molecule has 0 aliphatic carbocycles. The zero-order chi connectivity index (χ0) is 13.2. The predicted octanol–water partition coefficient (Wildman–Crippen LogP) is 2.14. The molecule has 2 aliphatic heterocycles. The van der Waals surface area contributed by atoms with Gasteiger partial charge in [0.05, 0.1) is 25.3 Å². The number of hydrogen-bond donors (Lipinski definition) is 1. The van der Waals surface area contributed by atoms with Gasteiger partial charge in [-0.1, -0.05) is 13.8 Å². The van der Waals surface area contributed by atoms with Gasteiger partial charge in [-0.2, -0.15) is 0 Å². The van der Waals surface area contributed by atoms with Crippen molar-refractivity contribution < 1.29 is 9.15 Å². The molecule has 1 aromatic rings. The third-order valence-electron chi connectivity index (χ3n) is 3.90. The Morgan fingerprint density at radius 1 is 1.21 bits per heavy atom. The molecule has 4 heteroatoms. The Balaban J connectivity index is 1.52. The van der Waals surface area contributed by atoms with Crippen molar-refractivity contribution in [1.82, 2.24) is 10.2 Å². The van der Waals surface area contributed by atoms with Crippen molar-refractivity contribution >= 4 is 0 Å². The molecule has 2 unspecified atom stereocenters. The number of nitrogens with zero attached hydrogens (tertiary/aromatic N) is 1. The zero-order valence-electron chi connectivity index (χ0n) is 11.9. The Kier molecular flexibility index (Phi) is 3.91. The first-order valence-corrected chi connectivity index (χ1v) is 7.38. The second kappa shape index (κ2) is 5.65. The molecule has 1 N–H and O–H groups in total. The Labute approximate surface area is 115 Å². The maximum Gasteiger partial charge on any atom is 0.118 e. The smallest absolute Gasteiger partial charge is 0.118 e. The summed E-state index contributed by atoms with van der Waals surface area (Å²) in [6.45, 7) is 8.12. The summed E-state index contributed by atoms with van der Waals surface area (Å²) in [7, 11) is 0. The van der Waals surface area contributed by atoms with E-state index in [1.165, 1.54) is 12.8 Å². The van der Waals surface area contributed by atoms with Gasteiger partial charge in [0.1, 0.15) is 11.5 Å². The Morgan fingerprint density at radius 3 is 2.58 bits per heavy atom. The first-order chi connectivity index (χ1) is 9.19. The third-order valence-corrected chi connectivity index (χ3v) is 3.90. The van der Waals surface area contributed by atoms with Crippen LogP contribution in [0.3, 0.4) is 0 Å². The lowest BCUT2D eigenvalue weighted by Gasteiger charge is -2.31. The molecule has 106 valence electrons. The van der Waals surface area contributed by atoms with Crippen LogP contribution in [0.4, 0.5) is 0 Å². The maximum atomic E-state index is 5.88. The van der Waals surface area contributed by atoms with Crippen molar-refractivity contribution in [3.63, 3.8) is 0 Å². The monoisotopic (exact) mass is 264 g/mol. The van der Waals surface area contributed by atoms with E-state index in [1.54, 1.807) is 0 Å². The first kappa shape index (κ1) is 13.2. The molecular weight excluding hydrogens is 240 g/mol. The van der Waals surface area contributed by atoms with Crippen molar-refractivity contribution in [2.75, 3.05) is 13.1 Å². The number of ether oxygens (including phenoxy) is 1. The lowest BCUT2D eigenvalue weighted by atomic mass is 10.2. The van der Waals surface area contributed by atoms with E-state index in [1.807, 2.05) is 0 Å². The molecule has 4 nitrogen and oxygen atoms in total. The SMILES string of the molecule is CC(C)NCc1ccc(CN2CC3CCC(C2)O3)o1. The lowest BCUT2D eigenvalue weighted by molar-refractivity contribution is -0.0427. The molecule has 2 bridgehead atoms. The van der Waals surface area contributed by atoms with Crippen molar-refractivity contribution in [3.8, 4) is 0 Å². The van der Waals surface area contributed by atoms with Gasteiger partial charge in [0, 0.05) is 19.1 Å². The molecular formula is C15H24N2O2. The molecule has 2 saturated heterocycles. The van der Waals surface area contributed by atoms with E-state index in [-0.39, 0.29) is 0 Å². The summed E-state index contributed by atoms with van der Waals surface area (Å²) in [5.41, 5.74) is 0. The minimum atomic E-state index is 0.454. The molecule has 2 atom stereocenters. The van der Waals surface area contributed by atoms with Gasteiger partial charge >= 0.3 is 0 Å². The van der Waals surface area contributed by atoms with Crippen molar-refractivity contribution in [2.45, 2.75) is 58.0 Å². The Hall–Kier alpha value is -0.840. The quantitative estimate of drug-likeness (QED) is 0.884. The number of furan rings is 1. The van der Waals surface area contributed by atoms with E-state index in [9.17, 15) is 0 Å². The fourth-order valence-corrected chi connectivity index (χ4v) is 2.96. The van der Waals surface area contributed by atoms with Crippen molar-refractivity contribution in [3.05, 3.63) is 23.7 Å². The van der Waals surface area contributed by atoms with Gasteiger partial charge in [-0.25, -0.2) is 0 Å². The molecule has 2 aliphatic rings. The number of nitrogens with one attached hydrogen (secondary N) is 1. The molecule has 19 heavy (non-hydrogen) atoms. The van der Waals surface area contributed by atoms with Crippen LogP contribution in [0.15, 0.2) is 16.5 Å².